The first kappa shape index (κ1) is 17.5. The van der Waals surface area contributed by atoms with E-state index in [1.165, 1.54) is 12.1 Å². The number of benzene rings is 1. The summed E-state index contributed by atoms with van der Waals surface area (Å²) in [7, 11) is -4.55. The fourth-order valence-corrected chi connectivity index (χ4v) is 3.54. The summed E-state index contributed by atoms with van der Waals surface area (Å²) in [5.74, 6) is -2.58. The van der Waals surface area contributed by atoms with Crippen LogP contribution in [0.15, 0.2) is 47.5 Å². The van der Waals surface area contributed by atoms with Crippen LogP contribution in [0.1, 0.15) is 6.42 Å². The lowest BCUT2D eigenvalue weighted by Crippen LogP contribution is -2.31. The minimum Gasteiger partial charge on any atom is -0.370 e. The maximum Gasteiger partial charge on any atom is 0.341 e. The van der Waals surface area contributed by atoms with Crippen molar-refractivity contribution in [2.75, 3.05) is 36.0 Å². The van der Waals surface area contributed by atoms with Crippen LogP contribution in [0.4, 0.5) is 20.3 Å². The van der Waals surface area contributed by atoms with Gasteiger partial charge in [-0.15, -0.1) is 5.10 Å². The maximum atomic E-state index is 12.6. The van der Waals surface area contributed by atoms with Gasteiger partial charge in [0, 0.05) is 38.1 Å². The number of anilines is 2. The van der Waals surface area contributed by atoms with Gasteiger partial charge in [-0.25, -0.2) is 8.42 Å². The van der Waals surface area contributed by atoms with E-state index in [-0.39, 0.29) is 4.90 Å². The lowest BCUT2D eigenvalue weighted by Gasteiger charge is -2.24. The largest absolute Gasteiger partial charge is 0.370 e. The molecule has 0 radical (unpaired) electrons. The van der Waals surface area contributed by atoms with E-state index in [1.54, 1.807) is 18.3 Å². The Labute approximate surface area is 145 Å². The molecule has 25 heavy (non-hydrogen) atoms. The molecule has 6 nitrogen and oxygen atoms in total. The molecule has 9 heteroatoms. The Balaban J connectivity index is 1.71. The van der Waals surface area contributed by atoms with Crippen molar-refractivity contribution in [1.82, 2.24) is 10.2 Å². The number of rotatable bonds is 4. The number of hydrogen-bond donors (Lipinski definition) is 0. The fourth-order valence-electron chi connectivity index (χ4n) is 2.82. The van der Waals surface area contributed by atoms with Gasteiger partial charge in [-0.3, -0.25) is 0 Å². The molecule has 1 aliphatic rings. The average Bonchev–Trinajstić information content (AvgIpc) is 2.88. The summed E-state index contributed by atoms with van der Waals surface area (Å²) in [6.07, 6.45) is 2.52. The SMILES string of the molecule is O=S(=O)(c1ccc(N2CCCN(c3cccnn3)CC2)cc1)C(F)F. The summed E-state index contributed by atoms with van der Waals surface area (Å²) in [6, 6.07) is 9.38. The summed E-state index contributed by atoms with van der Waals surface area (Å²) in [4.78, 5) is 3.89. The van der Waals surface area contributed by atoms with Crippen LogP contribution in [0.5, 0.6) is 0 Å². The molecule has 0 aliphatic carbocycles. The lowest BCUT2D eigenvalue weighted by atomic mass is 10.2. The minimum atomic E-state index is -4.55. The third kappa shape index (κ3) is 3.87. The molecule has 0 N–H and O–H groups in total. The number of sulfone groups is 1. The van der Waals surface area contributed by atoms with E-state index in [0.717, 1.165) is 44.1 Å². The van der Waals surface area contributed by atoms with Crippen molar-refractivity contribution in [3.8, 4) is 0 Å². The third-order valence-corrected chi connectivity index (χ3v) is 5.54. The Bertz CT molecular complexity index is 801. The molecule has 1 fully saturated rings. The first-order chi connectivity index (χ1) is 12.0. The molecule has 0 bridgehead atoms. The van der Waals surface area contributed by atoms with Crippen molar-refractivity contribution in [1.29, 1.82) is 0 Å². The van der Waals surface area contributed by atoms with E-state index in [9.17, 15) is 17.2 Å². The second-order valence-corrected chi connectivity index (χ2v) is 7.63. The van der Waals surface area contributed by atoms with Gasteiger partial charge in [0.15, 0.2) is 5.82 Å². The molecule has 1 aliphatic heterocycles. The van der Waals surface area contributed by atoms with Crippen LogP contribution < -0.4 is 9.80 Å². The molecule has 1 aromatic heterocycles. The number of alkyl halides is 2. The first-order valence-corrected chi connectivity index (χ1v) is 9.43. The zero-order chi connectivity index (χ0) is 17.9. The molecule has 0 saturated carbocycles. The average molecular weight is 368 g/mol. The van der Waals surface area contributed by atoms with Gasteiger partial charge in [0.05, 0.1) is 4.90 Å². The van der Waals surface area contributed by atoms with E-state index >= 15 is 0 Å². The molecule has 134 valence electrons. The zero-order valence-corrected chi connectivity index (χ0v) is 14.2. The monoisotopic (exact) mass is 368 g/mol. The minimum absolute atomic E-state index is 0.359. The third-order valence-electron chi connectivity index (χ3n) is 4.14. The van der Waals surface area contributed by atoms with E-state index in [0.29, 0.717) is 0 Å². The molecule has 0 atom stereocenters. The second-order valence-electron chi connectivity index (χ2n) is 5.71. The molecular weight excluding hydrogens is 350 g/mol. The summed E-state index contributed by atoms with van der Waals surface area (Å²) in [5, 5.41) is 8.01. The highest BCUT2D eigenvalue weighted by Gasteiger charge is 2.26. The van der Waals surface area contributed by atoms with E-state index in [1.807, 2.05) is 12.1 Å². The molecule has 1 aromatic carbocycles. The van der Waals surface area contributed by atoms with Crippen molar-refractivity contribution in [2.45, 2.75) is 17.1 Å². The summed E-state index contributed by atoms with van der Waals surface area (Å²) < 4.78 is 48.2. The van der Waals surface area contributed by atoms with Gasteiger partial charge in [-0.1, -0.05) is 0 Å². The van der Waals surface area contributed by atoms with Crippen molar-refractivity contribution in [2.24, 2.45) is 0 Å². The van der Waals surface area contributed by atoms with Gasteiger partial charge in [-0.2, -0.15) is 13.9 Å². The van der Waals surface area contributed by atoms with Gasteiger partial charge >= 0.3 is 5.76 Å². The summed E-state index contributed by atoms with van der Waals surface area (Å²) in [6.45, 7) is 3.10. The Hall–Kier alpha value is -2.29. The van der Waals surface area contributed by atoms with Crippen LogP contribution in [0.2, 0.25) is 0 Å². The summed E-state index contributed by atoms with van der Waals surface area (Å²) in [5.41, 5.74) is 0.814. The first-order valence-electron chi connectivity index (χ1n) is 7.88. The number of halogens is 2. The summed E-state index contributed by atoms with van der Waals surface area (Å²) >= 11 is 0. The molecule has 2 aromatic rings. The highest BCUT2D eigenvalue weighted by molar-refractivity contribution is 7.91. The van der Waals surface area contributed by atoms with Crippen LogP contribution in [-0.2, 0) is 9.84 Å². The number of aromatic nitrogens is 2. The van der Waals surface area contributed by atoms with Gasteiger partial charge in [-0.05, 0) is 42.8 Å². The van der Waals surface area contributed by atoms with Crippen LogP contribution in [0.25, 0.3) is 0 Å². The zero-order valence-electron chi connectivity index (χ0n) is 13.4. The van der Waals surface area contributed by atoms with Crippen molar-refractivity contribution < 1.29 is 17.2 Å². The number of nitrogens with zero attached hydrogens (tertiary/aromatic N) is 4. The van der Waals surface area contributed by atoms with Gasteiger partial charge in [0.25, 0.3) is 0 Å². The molecular formula is C16H18F2N4O2S. The van der Waals surface area contributed by atoms with Crippen molar-refractivity contribution in [3.05, 3.63) is 42.6 Å². The van der Waals surface area contributed by atoms with Crippen molar-refractivity contribution >= 4 is 21.3 Å². The van der Waals surface area contributed by atoms with Gasteiger partial charge in [0.2, 0.25) is 9.84 Å². The van der Waals surface area contributed by atoms with Crippen molar-refractivity contribution in [3.63, 3.8) is 0 Å². The topological polar surface area (TPSA) is 66.4 Å². The smallest absolute Gasteiger partial charge is 0.341 e. The highest BCUT2D eigenvalue weighted by atomic mass is 32.2. The number of hydrogen-bond acceptors (Lipinski definition) is 6. The van der Waals surface area contributed by atoms with Crippen LogP contribution in [0, 0.1) is 0 Å². The molecule has 0 spiro atoms. The fraction of sp³-hybridized carbons (Fsp3) is 0.375. The molecule has 0 unspecified atom stereocenters. The second kappa shape index (κ2) is 7.30. The van der Waals surface area contributed by atoms with E-state index in [2.05, 4.69) is 20.0 Å². The highest BCUT2D eigenvalue weighted by Crippen LogP contribution is 2.23. The van der Waals surface area contributed by atoms with Crippen LogP contribution >= 0.6 is 0 Å². The normalized spacial score (nSPS) is 16.1. The molecule has 2 heterocycles. The molecule has 3 rings (SSSR count). The molecule has 0 amide bonds. The van der Waals surface area contributed by atoms with Crippen LogP contribution in [-0.4, -0.2) is 50.6 Å². The van der Waals surface area contributed by atoms with E-state index < -0.39 is 15.6 Å². The standard InChI is InChI=1S/C16H18F2N4O2S/c17-16(18)25(23,24)14-6-4-13(5-7-14)21-9-2-10-22(12-11-21)15-3-1-8-19-20-15/h1,3-8,16H,2,9-12H2. The quantitative estimate of drug-likeness (QED) is 0.824. The Kier molecular flexibility index (Phi) is 5.12. The van der Waals surface area contributed by atoms with Gasteiger partial charge < -0.3 is 9.80 Å². The lowest BCUT2D eigenvalue weighted by molar-refractivity contribution is 0.234. The Morgan fingerprint density at radius 3 is 2.28 bits per heavy atom. The predicted molar refractivity (Wildman–Crippen MR) is 90.7 cm³/mol. The predicted octanol–water partition coefficient (Wildman–Crippen LogP) is 2.19. The molecule has 1 saturated heterocycles. The Morgan fingerprint density at radius 2 is 1.64 bits per heavy atom. The Morgan fingerprint density at radius 1 is 0.960 bits per heavy atom. The van der Waals surface area contributed by atoms with E-state index in [4.69, 9.17) is 0 Å². The van der Waals surface area contributed by atoms with Crippen LogP contribution in [0.3, 0.4) is 0 Å². The maximum absolute atomic E-state index is 12.6. The van der Waals surface area contributed by atoms with Gasteiger partial charge in [0.1, 0.15) is 0 Å².